The van der Waals surface area contributed by atoms with Crippen LogP contribution >= 0.6 is 0 Å². The van der Waals surface area contributed by atoms with E-state index in [-0.39, 0.29) is 11.4 Å². The highest BCUT2D eigenvalue weighted by molar-refractivity contribution is 5.95. The Bertz CT molecular complexity index is 669. The third kappa shape index (κ3) is 3.25. The van der Waals surface area contributed by atoms with Gasteiger partial charge in [-0.15, -0.1) is 0 Å². The molecule has 110 valence electrons. The van der Waals surface area contributed by atoms with Gasteiger partial charge in [0.15, 0.2) is 5.69 Å². The third-order valence-corrected chi connectivity index (χ3v) is 2.82. The van der Waals surface area contributed by atoms with Crippen molar-refractivity contribution in [3.63, 3.8) is 0 Å². The number of para-hydroxylation sites is 1. The fourth-order valence-corrected chi connectivity index (χ4v) is 1.72. The number of ether oxygens (including phenoxy) is 1. The van der Waals surface area contributed by atoms with Crippen LogP contribution in [0, 0.1) is 5.82 Å². The summed E-state index contributed by atoms with van der Waals surface area (Å²) < 4.78 is 19.4. The molecule has 21 heavy (non-hydrogen) atoms. The third-order valence-electron chi connectivity index (χ3n) is 2.82. The van der Waals surface area contributed by atoms with Gasteiger partial charge in [-0.25, -0.2) is 13.9 Å². The fourth-order valence-electron chi connectivity index (χ4n) is 1.72. The predicted molar refractivity (Wildman–Crippen MR) is 72.5 cm³/mol. The lowest BCUT2D eigenvalue weighted by atomic mass is 10.3. The summed E-state index contributed by atoms with van der Waals surface area (Å²) in [6.45, 7) is 1.50. The number of hydrogen-bond donors (Lipinski definition) is 1. The number of rotatable bonds is 4. The fraction of sp³-hybridized carbons (Fsp3) is 0.214. The van der Waals surface area contributed by atoms with Crippen molar-refractivity contribution in [3.8, 4) is 5.69 Å². The van der Waals surface area contributed by atoms with Crippen molar-refractivity contribution in [3.05, 3.63) is 48.0 Å². The molecule has 6 nitrogen and oxygen atoms in total. The molecular formula is C14H14FN3O3. The Morgan fingerprint density at radius 2 is 2.05 bits per heavy atom. The maximum Gasteiger partial charge on any atom is 0.328 e. The number of esters is 1. The average molecular weight is 291 g/mol. The number of nitrogens with zero attached hydrogens (tertiary/aromatic N) is 2. The molecule has 1 N–H and O–H groups in total. The summed E-state index contributed by atoms with van der Waals surface area (Å²) in [4.78, 5) is 23.2. The van der Waals surface area contributed by atoms with Crippen LogP contribution in [0.1, 0.15) is 17.4 Å². The Morgan fingerprint density at radius 3 is 2.71 bits per heavy atom. The summed E-state index contributed by atoms with van der Waals surface area (Å²) in [7, 11) is 1.23. The Hall–Kier alpha value is -2.70. The first kappa shape index (κ1) is 14.7. The van der Waals surface area contributed by atoms with Gasteiger partial charge in [0.25, 0.3) is 5.91 Å². The number of nitrogens with one attached hydrogen (secondary N) is 1. The van der Waals surface area contributed by atoms with Crippen LogP contribution in [-0.2, 0) is 9.53 Å². The summed E-state index contributed by atoms with van der Waals surface area (Å²) in [6, 6.07) is 6.72. The van der Waals surface area contributed by atoms with E-state index in [0.29, 0.717) is 0 Å². The Labute approximate surface area is 120 Å². The van der Waals surface area contributed by atoms with E-state index in [1.807, 2.05) is 0 Å². The lowest BCUT2D eigenvalue weighted by Gasteiger charge is -2.10. The highest BCUT2D eigenvalue weighted by atomic mass is 19.1. The van der Waals surface area contributed by atoms with Crippen LogP contribution in [0.2, 0.25) is 0 Å². The minimum absolute atomic E-state index is 0.0778. The molecule has 1 atom stereocenters. The van der Waals surface area contributed by atoms with Crippen LogP contribution in [0.4, 0.5) is 4.39 Å². The van der Waals surface area contributed by atoms with E-state index in [2.05, 4.69) is 15.2 Å². The molecule has 2 aromatic rings. The summed E-state index contributed by atoms with van der Waals surface area (Å²) in [5.41, 5.74) is 0.312. The molecule has 1 amide bonds. The molecule has 0 unspecified atom stereocenters. The molecule has 7 heteroatoms. The smallest absolute Gasteiger partial charge is 0.328 e. The van der Waals surface area contributed by atoms with Crippen molar-refractivity contribution in [2.75, 3.05) is 7.11 Å². The van der Waals surface area contributed by atoms with Crippen LogP contribution in [0.15, 0.2) is 36.5 Å². The topological polar surface area (TPSA) is 73.2 Å². The summed E-state index contributed by atoms with van der Waals surface area (Å²) >= 11 is 0. The molecule has 0 aliphatic carbocycles. The van der Waals surface area contributed by atoms with E-state index in [1.165, 1.54) is 37.0 Å². The number of methoxy groups -OCH3 is 1. The number of carbonyl (C=O) groups is 2. The van der Waals surface area contributed by atoms with E-state index in [9.17, 15) is 14.0 Å². The van der Waals surface area contributed by atoms with Crippen LogP contribution in [0.5, 0.6) is 0 Å². The maximum atomic E-state index is 13.6. The second-order valence-corrected chi connectivity index (χ2v) is 4.32. The zero-order chi connectivity index (χ0) is 15.4. The van der Waals surface area contributed by atoms with Crippen LogP contribution in [0.3, 0.4) is 0 Å². The molecule has 0 radical (unpaired) electrons. The van der Waals surface area contributed by atoms with Gasteiger partial charge in [0.2, 0.25) is 0 Å². The summed E-state index contributed by atoms with van der Waals surface area (Å²) in [6.07, 6.45) is 1.47. The van der Waals surface area contributed by atoms with Gasteiger partial charge in [0, 0.05) is 6.20 Å². The SMILES string of the molecule is COC(=O)[C@H](C)NC(=O)c1ccn(-c2ccccc2F)n1. The maximum absolute atomic E-state index is 13.6. The number of halogens is 1. The lowest BCUT2D eigenvalue weighted by Crippen LogP contribution is -2.39. The number of carbonyl (C=O) groups excluding carboxylic acids is 2. The number of amides is 1. The van der Waals surface area contributed by atoms with E-state index in [4.69, 9.17) is 0 Å². The van der Waals surface area contributed by atoms with Crippen molar-refractivity contribution in [2.24, 2.45) is 0 Å². The predicted octanol–water partition coefficient (Wildman–Crippen LogP) is 1.30. The van der Waals surface area contributed by atoms with Crippen molar-refractivity contribution in [2.45, 2.75) is 13.0 Å². The Balaban J connectivity index is 2.15. The van der Waals surface area contributed by atoms with Gasteiger partial charge < -0.3 is 10.1 Å². The zero-order valence-corrected chi connectivity index (χ0v) is 11.5. The minimum atomic E-state index is -0.791. The first-order valence-corrected chi connectivity index (χ1v) is 6.22. The number of hydrogen-bond acceptors (Lipinski definition) is 4. The molecule has 0 saturated heterocycles. The first-order valence-electron chi connectivity index (χ1n) is 6.22. The molecule has 0 saturated carbocycles. The van der Waals surface area contributed by atoms with Gasteiger partial charge in [-0.05, 0) is 25.1 Å². The second-order valence-electron chi connectivity index (χ2n) is 4.32. The van der Waals surface area contributed by atoms with E-state index in [1.54, 1.807) is 18.2 Å². The molecule has 0 bridgehead atoms. The Morgan fingerprint density at radius 1 is 1.33 bits per heavy atom. The van der Waals surface area contributed by atoms with Crippen molar-refractivity contribution < 1.29 is 18.7 Å². The van der Waals surface area contributed by atoms with Gasteiger partial charge in [-0.1, -0.05) is 12.1 Å². The molecule has 0 fully saturated rings. The second kappa shape index (κ2) is 6.17. The van der Waals surface area contributed by atoms with Gasteiger partial charge in [0.1, 0.15) is 17.5 Å². The largest absolute Gasteiger partial charge is 0.467 e. The molecule has 0 aliphatic rings. The highest BCUT2D eigenvalue weighted by Crippen LogP contribution is 2.12. The average Bonchev–Trinajstić information content (AvgIpc) is 2.96. The van der Waals surface area contributed by atoms with Crippen LogP contribution in [0.25, 0.3) is 5.69 Å². The standard InChI is InChI=1S/C14H14FN3O3/c1-9(14(20)21-2)16-13(19)11-7-8-18(17-11)12-6-4-3-5-10(12)15/h3-9H,1-2H3,(H,16,19)/t9-/m0/s1. The molecule has 2 rings (SSSR count). The molecule has 1 aromatic carbocycles. The van der Waals surface area contributed by atoms with Gasteiger partial charge >= 0.3 is 5.97 Å². The molecule has 0 spiro atoms. The summed E-state index contributed by atoms with van der Waals surface area (Å²) in [5, 5.41) is 6.44. The van der Waals surface area contributed by atoms with Crippen LogP contribution in [-0.4, -0.2) is 34.8 Å². The van der Waals surface area contributed by atoms with E-state index >= 15 is 0 Å². The first-order chi connectivity index (χ1) is 10.0. The van der Waals surface area contributed by atoms with Crippen molar-refractivity contribution >= 4 is 11.9 Å². The monoisotopic (exact) mass is 291 g/mol. The quantitative estimate of drug-likeness (QED) is 0.862. The normalized spacial score (nSPS) is 11.8. The molecular weight excluding hydrogens is 277 g/mol. The lowest BCUT2D eigenvalue weighted by molar-refractivity contribution is -0.142. The van der Waals surface area contributed by atoms with Gasteiger partial charge in [0.05, 0.1) is 7.11 Å². The summed E-state index contributed by atoms with van der Waals surface area (Å²) in [5.74, 6) is -1.55. The van der Waals surface area contributed by atoms with E-state index in [0.717, 1.165) is 0 Å². The molecule has 1 aromatic heterocycles. The minimum Gasteiger partial charge on any atom is -0.467 e. The van der Waals surface area contributed by atoms with E-state index < -0.39 is 23.7 Å². The van der Waals surface area contributed by atoms with Crippen molar-refractivity contribution in [1.29, 1.82) is 0 Å². The number of aromatic nitrogens is 2. The van der Waals surface area contributed by atoms with Crippen LogP contribution < -0.4 is 5.32 Å². The van der Waals surface area contributed by atoms with Crippen molar-refractivity contribution in [1.82, 2.24) is 15.1 Å². The number of benzene rings is 1. The van der Waals surface area contributed by atoms with Gasteiger partial charge in [-0.3, -0.25) is 4.79 Å². The highest BCUT2D eigenvalue weighted by Gasteiger charge is 2.18. The van der Waals surface area contributed by atoms with Gasteiger partial charge in [-0.2, -0.15) is 5.10 Å². The zero-order valence-electron chi connectivity index (χ0n) is 11.5. The molecule has 0 aliphatic heterocycles. The Kier molecular flexibility index (Phi) is 4.32. The molecule has 1 heterocycles.